The standard InChI is InChI=1S/C25H23N3O3/c1-16-7-6-14-27(25(31)22-18-9-3-2-8-17(18)12-13-26-22)21(16)15-28-23(29)19-10-4-5-11-20(19)24(28)30/h2-5,8-13,16,21H,6-7,14-15H2,1H3/t16-,21-/m1/s1. The number of fused-ring (bicyclic) bond motifs is 2. The van der Waals surface area contributed by atoms with Crippen molar-refractivity contribution in [2.24, 2.45) is 5.92 Å². The zero-order valence-electron chi connectivity index (χ0n) is 17.3. The van der Waals surface area contributed by atoms with Crippen molar-refractivity contribution in [3.63, 3.8) is 0 Å². The van der Waals surface area contributed by atoms with E-state index in [9.17, 15) is 14.4 Å². The Morgan fingerprint density at radius 3 is 2.42 bits per heavy atom. The largest absolute Gasteiger partial charge is 0.332 e. The summed E-state index contributed by atoms with van der Waals surface area (Å²) in [6.07, 6.45) is 3.49. The van der Waals surface area contributed by atoms with Gasteiger partial charge in [0.15, 0.2) is 0 Å². The van der Waals surface area contributed by atoms with Crippen LogP contribution in [0.4, 0.5) is 0 Å². The molecule has 3 aromatic rings. The number of imide groups is 1. The first-order valence-corrected chi connectivity index (χ1v) is 10.7. The van der Waals surface area contributed by atoms with Crippen LogP contribution in [0.25, 0.3) is 10.8 Å². The molecule has 2 aliphatic rings. The highest BCUT2D eigenvalue weighted by Gasteiger charge is 2.41. The van der Waals surface area contributed by atoms with E-state index in [4.69, 9.17) is 0 Å². The number of amides is 3. The van der Waals surface area contributed by atoms with Crippen molar-refractivity contribution in [2.75, 3.05) is 13.1 Å². The van der Waals surface area contributed by atoms with Crippen molar-refractivity contribution >= 4 is 28.5 Å². The molecule has 2 atom stereocenters. The maximum atomic E-state index is 13.6. The third-order valence-electron chi connectivity index (χ3n) is 6.50. The lowest BCUT2D eigenvalue weighted by molar-refractivity contribution is 0.0367. The normalized spacial score (nSPS) is 20.9. The Morgan fingerprint density at radius 2 is 1.68 bits per heavy atom. The Hall–Kier alpha value is -3.54. The molecule has 0 N–H and O–H groups in total. The maximum Gasteiger partial charge on any atom is 0.273 e. The van der Waals surface area contributed by atoms with Crippen LogP contribution in [0.1, 0.15) is 51.0 Å². The number of pyridine rings is 1. The summed E-state index contributed by atoms with van der Waals surface area (Å²) in [4.78, 5) is 46.9. The molecule has 6 nitrogen and oxygen atoms in total. The molecule has 2 aliphatic heterocycles. The average molecular weight is 413 g/mol. The van der Waals surface area contributed by atoms with E-state index in [0.717, 1.165) is 23.6 Å². The smallest absolute Gasteiger partial charge is 0.273 e. The van der Waals surface area contributed by atoms with Crippen molar-refractivity contribution < 1.29 is 14.4 Å². The van der Waals surface area contributed by atoms with Crippen molar-refractivity contribution in [3.8, 4) is 0 Å². The van der Waals surface area contributed by atoms with Gasteiger partial charge in [-0.15, -0.1) is 0 Å². The molecule has 156 valence electrons. The molecule has 0 bridgehead atoms. The lowest BCUT2D eigenvalue weighted by Gasteiger charge is -2.41. The van der Waals surface area contributed by atoms with E-state index in [0.29, 0.717) is 23.4 Å². The van der Waals surface area contributed by atoms with Gasteiger partial charge in [-0.3, -0.25) is 24.3 Å². The fourth-order valence-corrected chi connectivity index (χ4v) is 4.80. The Bertz CT molecular complexity index is 1170. The van der Waals surface area contributed by atoms with Gasteiger partial charge in [0.25, 0.3) is 17.7 Å². The first-order valence-electron chi connectivity index (χ1n) is 10.7. The Morgan fingerprint density at radius 1 is 1.00 bits per heavy atom. The SMILES string of the molecule is C[C@@H]1CCCN(C(=O)c2nccc3ccccc23)[C@@H]1CN1C(=O)c2ccccc2C1=O. The molecule has 6 heteroatoms. The Kier molecular flexibility index (Phi) is 4.77. The van der Waals surface area contributed by atoms with Gasteiger partial charge in [0, 0.05) is 18.1 Å². The van der Waals surface area contributed by atoms with E-state index < -0.39 is 0 Å². The van der Waals surface area contributed by atoms with Crippen molar-refractivity contribution in [1.82, 2.24) is 14.8 Å². The molecule has 3 heterocycles. The zero-order valence-corrected chi connectivity index (χ0v) is 17.3. The fourth-order valence-electron chi connectivity index (χ4n) is 4.80. The number of hydrogen-bond acceptors (Lipinski definition) is 4. The highest BCUT2D eigenvalue weighted by molar-refractivity contribution is 6.21. The van der Waals surface area contributed by atoms with Gasteiger partial charge in [-0.05, 0) is 42.3 Å². The van der Waals surface area contributed by atoms with Crippen LogP contribution in [-0.4, -0.2) is 51.6 Å². The lowest BCUT2D eigenvalue weighted by Crippen LogP contribution is -2.54. The minimum Gasteiger partial charge on any atom is -0.332 e. The van der Waals surface area contributed by atoms with E-state index >= 15 is 0 Å². The number of carbonyl (C=O) groups excluding carboxylic acids is 3. The number of rotatable bonds is 3. The maximum absolute atomic E-state index is 13.6. The highest BCUT2D eigenvalue weighted by Crippen LogP contribution is 2.30. The summed E-state index contributed by atoms with van der Waals surface area (Å²) in [6, 6.07) is 16.2. The van der Waals surface area contributed by atoms with Gasteiger partial charge in [-0.1, -0.05) is 43.3 Å². The van der Waals surface area contributed by atoms with Crippen LogP contribution in [0, 0.1) is 5.92 Å². The van der Waals surface area contributed by atoms with E-state index in [-0.39, 0.29) is 36.2 Å². The summed E-state index contributed by atoms with van der Waals surface area (Å²) in [6.45, 7) is 2.87. The van der Waals surface area contributed by atoms with Crippen molar-refractivity contribution in [3.05, 3.63) is 77.6 Å². The molecule has 0 radical (unpaired) electrons. The molecule has 0 aliphatic carbocycles. The molecule has 5 rings (SSSR count). The molecule has 3 amide bonds. The number of nitrogens with zero attached hydrogens (tertiary/aromatic N) is 3. The number of hydrogen-bond donors (Lipinski definition) is 0. The molecule has 0 spiro atoms. The number of benzene rings is 2. The topological polar surface area (TPSA) is 70.6 Å². The quantitative estimate of drug-likeness (QED) is 0.613. The highest BCUT2D eigenvalue weighted by atomic mass is 16.2. The van der Waals surface area contributed by atoms with Gasteiger partial charge in [0.2, 0.25) is 0 Å². The number of likely N-dealkylation sites (tertiary alicyclic amines) is 1. The monoisotopic (exact) mass is 413 g/mol. The summed E-state index contributed by atoms with van der Waals surface area (Å²) in [7, 11) is 0. The van der Waals surface area contributed by atoms with E-state index in [2.05, 4.69) is 11.9 Å². The zero-order chi connectivity index (χ0) is 21.5. The summed E-state index contributed by atoms with van der Waals surface area (Å²) in [5, 5.41) is 1.77. The molecule has 31 heavy (non-hydrogen) atoms. The van der Waals surface area contributed by atoms with Gasteiger partial charge in [0.05, 0.1) is 23.7 Å². The minimum absolute atomic E-state index is 0.148. The molecular weight excluding hydrogens is 390 g/mol. The summed E-state index contributed by atoms with van der Waals surface area (Å²) >= 11 is 0. The second kappa shape index (κ2) is 7.61. The van der Waals surface area contributed by atoms with Crippen molar-refractivity contribution in [2.45, 2.75) is 25.8 Å². The average Bonchev–Trinajstić information content (AvgIpc) is 3.04. The van der Waals surface area contributed by atoms with Crippen molar-refractivity contribution in [1.29, 1.82) is 0 Å². The molecule has 1 saturated heterocycles. The third-order valence-corrected chi connectivity index (χ3v) is 6.50. The van der Waals surface area contributed by atoms with E-state index in [1.165, 1.54) is 4.90 Å². The van der Waals surface area contributed by atoms with Gasteiger partial charge in [0.1, 0.15) is 5.69 Å². The van der Waals surface area contributed by atoms with Gasteiger partial charge < -0.3 is 4.90 Å². The predicted molar refractivity (Wildman–Crippen MR) is 117 cm³/mol. The number of carbonyl (C=O) groups is 3. The summed E-state index contributed by atoms with van der Waals surface area (Å²) < 4.78 is 0. The van der Waals surface area contributed by atoms with Crippen LogP contribution >= 0.6 is 0 Å². The molecule has 2 aromatic carbocycles. The van der Waals surface area contributed by atoms with Gasteiger partial charge in [-0.2, -0.15) is 0 Å². The number of aromatic nitrogens is 1. The van der Waals surface area contributed by atoms with Crippen LogP contribution in [0.5, 0.6) is 0 Å². The third kappa shape index (κ3) is 3.19. The van der Waals surface area contributed by atoms with Crippen LogP contribution in [-0.2, 0) is 0 Å². The lowest BCUT2D eigenvalue weighted by atomic mass is 9.89. The molecule has 1 aromatic heterocycles. The summed E-state index contributed by atoms with van der Waals surface area (Å²) in [5.41, 5.74) is 1.29. The second-order valence-electron chi connectivity index (χ2n) is 8.33. The van der Waals surface area contributed by atoms with Gasteiger partial charge in [-0.25, -0.2) is 0 Å². The Balaban J connectivity index is 1.47. The fraction of sp³-hybridized carbons (Fsp3) is 0.280. The summed E-state index contributed by atoms with van der Waals surface area (Å²) in [5.74, 6) is -0.551. The second-order valence-corrected chi connectivity index (χ2v) is 8.33. The van der Waals surface area contributed by atoms with E-state index in [1.807, 2.05) is 35.2 Å². The molecular formula is C25H23N3O3. The molecule has 0 saturated carbocycles. The van der Waals surface area contributed by atoms with Crippen LogP contribution < -0.4 is 0 Å². The van der Waals surface area contributed by atoms with E-state index in [1.54, 1.807) is 30.5 Å². The predicted octanol–water partition coefficient (Wildman–Crippen LogP) is 3.77. The van der Waals surface area contributed by atoms with Crippen LogP contribution in [0.15, 0.2) is 60.8 Å². The molecule has 1 fully saturated rings. The van der Waals surface area contributed by atoms with Gasteiger partial charge >= 0.3 is 0 Å². The van der Waals surface area contributed by atoms with Crippen LogP contribution in [0.3, 0.4) is 0 Å². The molecule has 0 unspecified atom stereocenters. The first kappa shape index (κ1) is 19.4. The van der Waals surface area contributed by atoms with Crippen LogP contribution in [0.2, 0.25) is 0 Å². The minimum atomic E-state index is -0.283. The number of piperidine rings is 1. The first-order chi connectivity index (χ1) is 15.1. The Labute approximate surface area is 180 Å².